The fourth-order valence-corrected chi connectivity index (χ4v) is 4.22. The highest BCUT2D eigenvalue weighted by molar-refractivity contribution is 5.97. The van der Waals surface area contributed by atoms with Crippen LogP contribution in [0.15, 0.2) is 70.4 Å². The average molecular weight is 417 g/mol. The Labute approximate surface area is 179 Å². The van der Waals surface area contributed by atoms with Gasteiger partial charge in [-0.2, -0.15) is 0 Å². The number of furan rings is 1. The van der Waals surface area contributed by atoms with Gasteiger partial charge in [-0.1, -0.05) is 47.6 Å². The largest absolute Gasteiger partial charge is 0.459 e. The van der Waals surface area contributed by atoms with Crippen molar-refractivity contribution in [2.45, 2.75) is 18.9 Å². The lowest BCUT2D eigenvalue weighted by atomic mass is 9.98. The summed E-state index contributed by atoms with van der Waals surface area (Å²) in [5.41, 5.74) is 2.06. The van der Waals surface area contributed by atoms with E-state index >= 15 is 0 Å². The molecule has 0 unspecified atom stereocenters. The minimum atomic E-state index is -0.586. The average Bonchev–Trinajstić information content (AvgIpc) is 3.51. The maximum atomic E-state index is 12.9. The van der Waals surface area contributed by atoms with Crippen LogP contribution in [-0.4, -0.2) is 59.6 Å². The molecule has 0 radical (unpaired) electrons. The third-order valence-corrected chi connectivity index (χ3v) is 5.89. The van der Waals surface area contributed by atoms with E-state index in [0.29, 0.717) is 44.8 Å². The lowest BCUT2D eigenvalue weighted by molar-refractivity contribution is -0.143. The molecule has 3 aromatic rings. The molecular formula is C24H23N3O4. The summed E-state index contributed by atoms with van der Waals surface area (Å²) < 4.78 is 5.18. The Morgan fingerprint density at radius 2 is 1.71 bits per heavy atom. The molecule has 0 saturated carbocycles. The number of hydrogen-bond donors (Lipinski definition) is 0. The van der Waals surface area contributed by atoms with Crippen LogP contribution in [0.2, 0.25) is 0 Å². The van der Waals surface area contributed by atoms with Gasteiger partial charge in [0.2, 0.25) is 6.10 Å². The van der Waals surface area contributed by atoms with Gasteiger partial charge in [0.1, 0.15) is 0 Å². The number of fused-ring (bicyclic) bond motifs is 1. The standard InChI is InChI=1S/C24H23N3O4/c28-23(21-9-4-14-30-21)26-10-12-27(13-11-26)24(29)22-16-19(25-31-22)15-18-7-3-6-17-5-1-2-8-20(17)18/h1-9,14,22H,10-13,15-16H2/t22-/m0/s1. The van der Waals surface area contributed by atoms with Gasteiger partial charge in [0.25, 0.3) is 11.8 Å². The summed E-state index contributed by atoms with van der Waals surface area (Å²) in [6.45, 7) is 1.90. The van der Waals surface area contributed by atoms with E-state index < -0.39 is 6.10 Å². The van der Waals surface area contributed by atoms with Crippen molar-refractivity contribution in [3.63, 3.8) is 0 Å². The van der Waals surface area contributed by atoms with Crippen molar-refractivity contribution in [3.8, 4) is 0 Å². The van der Waals surface area contributed by atoms with Crippen LogP contribution in [0, 0.1) is 0 Å². The number of amides is 2. The predicted molar refractivity (Wildman–Crippen MR) is 116 cm³/mol. The van der Waals surface area contributed by atoms with Crippen LogP contribution >= 0.6 is 0 Å². The fourth-order valence-electron chi connectivity index (χ4n) is 4.22. The van der Waals surface area contributed by atoms with Crippen LogP contribution in [0.1, 0.15) is 22.5 Å². The first-order valence-corrected chi connectivity index (χ1v) is 10.5. The summed E-state index contributed by atoms with van der Waals surface area (Å²) >= 11 is 0. The quantitative estimate of drug-likeness (QED) is 0.654. The molecule has 1 saturated heterocycles. The van der Waals surface area contributed by atoms with E-state index in [9.17, 15) is 9.59 Å². The Balaban J connectivity index is 1.17. The van der Waals surface area contributed by atoms with Crippen LogP contribution in [0.25, 0.3) is 10.8 Å². The molecule has 7 nitrogen and oxygen atoms in total. The van der Waals surface area contributed by atoms with Gasteiger partial charge in [-0.25, -0.2) is 0 Å². The molecule has 2 aliphatic rings. The molecule has 31 heavy (non-hydrogen) atoms. The number of rotatable bonds is 4. The lowest BCUT2D eigenvalue weighted by Gasteiger charge is -2.35. The van der Waals surface area contributed by atoms with Crippen LogP contribution in [0.5, 0.6) is 0 Å². The summed E-state index contributed by atoms with van der Waals surface area (Å²) in [5.74, 6) is 0.113. The highest BCUT2D eigenvalue weighted by Gasteiger charge is 2.34. The van der Waals surface area contributed by atoms with Crippen LogP contribution in [0.4, 0.5) is 0 Å². The van der Waals surface area contributed by atoms with E-state index in [1.54, 1.807) is 21.9 Å². The summed E-state index contributed by atoms with van der Waals surface area (Å²) in [7, 11) is 0. The lowest BCUT2D eigenvalue weighted by Crippen LogP contribution is -2.52. The molecule has 5 rings (SSSR count). The summed E-state index contributed by atoms with van der Waals surface area (Å²) in [6, 6.07) is 17.8. The zero-order chi connectivity index (χ0) is 21.2. The molecule has 1 aromatic heterocycles. The predicted octanol–water partition coefficient (Wildman–Crippen LogP) is 3.10. The Bertz CT molecular complexity index is 1130. The molecule has 2 aliphatic heterocycles. The molecular weight excluding hydrogens is 394 g/mol. The van der Waals surface area contributed by atoms with Gasteiger partial charge < -0.3 is 19.1 Å². The number of nitrogens with zero attached hydrogens (tertiary/aromatic N) is 3. The Kier molecular flexibility index (Phi) is 5.16. The minimum Gasteiger partial charge on any atom is -0.459 e. The number of piperazine rings is 1. The van der Waals surface area contributed by atoms with Crippen molar-refractivity contribution in [2.24, 2.45) is 5.16 Å². The maximum Gasteiger partial charge on any atom is 0.289 e. The van der Waals surface area contributed by atoms with E-state index in [1.165, 1.54) is 22.6 Å². The van der Waals surface area contributed by atoms with E-state index in [-0.39, 0.29) is 11.8 Å². The second-order valence-corrected chi connectivity index (χ2v) is 7.87. The smallest absolute Gasteiger partial charge is 0.289 e. The van der Waals surface area contributed by atoms with Gasteiger partial charge in [-0.3, -0.25) is 9.59 Å². The Hall–Kier alpha value is -3.61. The van der Waals surface area contributed by atoms with Gasteiger partial charge in [0.05, 0.1) is 12.0 Å². The van der Waals surface area contributed by atoms with Crippen molar-refractivity contribution < 1.29 is 18.8 Å². The number of hydrogen-bond acceptors (Lipinski definition) is 5. The molecule has 158 valence electrons. The second kappa shape index (κ2) is 8.26. The zero-order valence-corrected chi connectivity index (χ0v) is 17.1. The van der Waals surface area contributed by atoms with Gasteiger partial charge >= 0.3 is 0 Å². The zero-order valence-electron chi connectivity index (χ0n) is 17.1. The van der Waals surface area contributed by atoms with E-state index in [4.69, 9.17) is 9.25 Å². The van der Waals surface area contributed by atoms with Gasteiger partial charge in [-0.05, 0) is 28.5 Å². The minimum absolute atomic E-state index is 0.0678. The molecule has 7 heteroatoms. The fraction of sp³-hybridized carbons (Fsp3) is 0.292. The highest BCUT2D eigenvalue weighted by atomic mass is 16.6. The topological polar surface area (TPSA) is 75.4 Å². The van der Waals surface area contributed by atoms with Gasteiger partial charge in [0, 0.05) is 39.0 Å². The molecule has 0 N–H and O–H groups in total. The van der Waals surface area contributed by atoms with Crippen LogP contribution in [0.3, 0.4) is 0 Å². The van der Waals surface area contributed by atoms with Crippen molar-refractivity contribution >= 4 is 28.3 Å². The monoisotopic (exact) mass is 417 g/mol. The van der Waals surface area contributed by atoms with Gasteiger partial charge in [-0.15, -0.1) is 0 Å². The maximum absolute atomic E-state index is 12.9. The number of carbonyl (C=O) groups is 2. The second-order valence-electron chi connectivity index (χ2n) is 7.87. The van der Waals surface area contributed by atoms with E-state index in [2.05, 4.69) is 29.4 Å². The number of oxime groups is 1. The summed E-state index contributed by atoms with van der Waals surface area (Å²) in [4.78, 5) is 34.3. The molecule has 0 spiro atoms. The van der Waals surface area contributed by atoms with Crippen molar-refractivity contribution in [1.29, 1.82) is 0 Å². The third kappa shape index (κ3) is 3.91. The number of carbonyl (C=O) groups excluding carboxylic acids is 2. The Morgan fingerprint density at radius 3 is 2.52 bits per heavy atom. The summed E-state index contributed by atoms with van der Waals surface area (Å²) in [6.07, 6.45) is 2.06. The van der Waals surface area contributed by atoms with Crippen molar-refractivity contribution in [2.75, 3.05) is 26.2 Å². The molecule has 3 heterocycles. The molecule has 1 atom stereocenters. The first-order valence-electron chi connectivity index (χ1n) is 10.5. The number of benzene rings is 2. The van der Waals surface area contributed by atoms with Crippen molar-refractivity contribution in [3.05, 3.63) is 72.2 Å². The molecule has 2 amide bonds. The molecule has 2 aromatic carbocycles. The molecule has 1 fully saturated rings. The van der Waals surface area contributed by atoms with E-state index in [1.807, 2.05) is 18.2 Å². The normalized spacial score (nSPS) is 18.7. The molecule has 0 bridgehead atoms. The SMILES string of the molecule is O=C(c1ccco1)N1CCN(C(=O)[C@@H]2CC(Cc3cccc4ccccc34)=NO2)CC1. The Morgan fingerprint density at radius 1 is 0.935 bits per heavy atom. The third-order valence-electron chi connectivity index (χ3n) is 5.89. The first kappa shape index (κ1) is 19.4. The summed E-state index contributed by atoms with van der Waals surface area (Å²) in [5, 5.41) is 6.59. The first-order chi connectivity index (χ1) is 15.2. The van der Waals surface area contributed by atoms with E-state index in [0.717, 1.165) is 5.71 Å². The van der Waals surface area contributed by atoms with Crippen molar-refractivity contribution in [1.82, 2.24) is 9.80 Å². The van der Waals surface area contributed by atoms with Gasteiger partial charge in [0.15, 0.2) is 5.76 Å². The van der Waals surface area contributed by atoms with Crippen LogP contribution in [-0.2, 0) is 16.1 Å². The molecule has 0 aliphatic carbocycles. The highest BCUT2D eigenvalue weighted by Crippen LogP contribution is 2.23. The van der Waals surface area contributed by atoms with Crippen LogP contribution < -0.4 is 0 Å².